The summed E-state index contributed by atoms with van der Waals surface area (Å²) in [6, 6.07) is 9.96. The number of nitriles is 1. The number of amides is 1. The molecule has 146 valence electrons. The summed E-state index contributed by atoms with van der Waals surface area (Å²) < 4.78 is 0. The van der Waals surface area contributed by atoms with Gasteiger partial charge in [0.15, 0.2) is 11.5 Å². The van der Waals surface area contributed by atoms with Crippen LogP contribution in [0.5, 0.6) is 0 Å². The number of anilines is 1. The van der Waals surface area contributed by atoms with E-state index in [9.17, 15) is 10.1 Å². The van der Waals surface area contributed by atoms with E-state index in [2.05, 4.69) is 47.0 Å². The van der Waals surface area contributed by atoms with E-state index in [1.54, 1.807) is 12.4 Å². The second-order valence-corrected chi connectivity index (χ2v) is 8.31. The zero-order valence-corrected chi connectivity index (χ0v) is 16.8. The highest BCUT2D eigenvalue weighted by Crippen LogP contribution is 2.24. The Labute approximate surface area is 166 Å². The summed E-state index contributed by atoms with van der Waals surface area (Å²) in [5.41, 5.74) is 2.37. The summed E-state index contributed by atoms with van der Waals surface area (Å²) in [7, 11) is 0. The number of rotatable bonds is 4. The van der Waals surface area contributed by atoms with Gasteiger partial charge in [-0.15, -0.1) is 0 Å². The van der Waals surface area contributed by atoms with Gasteiger partial charge in [0.2, 0.25) is 0 Å². The van der Waals surface area contributed by atoms with Crippen LogP contribution in [-0.4, -0.2) is 35.5 Å². The molecule has 0 atom stereocenters. The minimum atomic E-state index is -0.0245. The van der Waals surface area contributed by atoms with E-state index in [0.717, 1.165) is 25.9 Å². The summed E-state index contributed by atoms with van der Waals surface area (Å²) in [6.45, 7) is 8.78. The van der Waals surface area contributed by atoms with Gasteiger partial charge in [0.25, 0.3) is 5.91 Å². The third kappa shape index (κ3) is 4.66. The maximum atomic E-state index is 12.4. The van der Waals surface area contributed by atoms with Crippen LogP contribution in [0.25, 0.3) is 0 Å². The van der Waals surface area contributed by atoms with Gasteiger partial charge < -0.3 is 10.2 Å². The number of nitrogens with one attached hydrogen (secondary N) is 1. The third-order valence-electron chi connectivity index (χ3n) is 5.26. The number of benzene rings is 1. The van der Waals surface area contributed by atoms with Gasteiger partial charge in [-0.1, -0.05) is 32.9 Å². The van der Waals surface area contributed by atoms with Gasteiger partial charge in [0, 0.05) is 37.6 Å². The topological polar surface area (TPSA) is 81.9 Å². The fourth-order valence-electron chi connectivity index (χ4n) is 3.45. The summed E-state index contributed by atoms with van der Waals surface area (Å²) in [5, 5.41) is 12.3. The quantitative estimate of drug-likeness (QED) is 0.884. The molecule has 0 radical (unpaired) electrons. The Balaban J connectivity index is 1.50. The Morgan fingerprint density at radius 1 is 1.18 bits per heavy atom. The van der Waals surface area contributed by atoms with Gasteiger partial charge in [-0.2, -0.15) is 5.26 Å². The molecule has 3 rings (SSSR count). The summed E-state index contributed by atoms with van der Waals surface area (Å²) in [4.78, 5) is 22.9. The van der Waals surface area contributed by atoms with Crippen molar-refractivity contribution in [2.75, 3.05) is 24.5 Å². The predicted octanol–water partition coefficient (Wildman–Crippen LogP) is 3.29. The second-order valence-electron chi connectivity index (χ2n) is 8.31. The highest BCUT2D eigenvalue weighted by Gasteiger charge is 2.23. The van der Waals surface area contributed by atoms with Crippen LogP contribution in [-0.2, 0) is 5.41 Å². The van der Waals surface area contributed by atoms with E-state index in [1.165, 1.54) is 5.56 Å². The smallest absolute Gasteiger partial charge is 0.251 e. The van der Waals surface area contributed by atoms with Crippen molar-refractivity contribution in [2.45, 2.75) is 39.0 Å². The van der Waals surface area contributed by atoms with Crippen LogP contribution in [0.3, 0.4) is 0 Å². The lowest BCUT2D eigenvalue weighted by Gasteiger charge is -2.32. The van der Waals surface area contributed by atoms with Crippen molar-refractivity contribution in [2.24, 2.45) is 5.92 Å². The van der Waals surface area contributed by atoms with Gasteiger partial charge in [0.1, 0.15) is 6.07 Å². The Hall–Kier alpha value is -2.94. The Morgan fingerprint density at radius 2 is 1.82 bits per heavy atom. The number of piperidine rings is 1. The first-order valence-electron chi connectivity index (χ1n) is 9.73. The number of carbonyl (C=O) groups is 1. The van der Waals surface area contributed by atoms with E-state index in [1.807, 2.05) is 24.3 Å². The number of carbonyl (C=O) groups excluding carboxylic acids is 1. The molecule has 1 saturated heterocycles. The summed E-state index contributed by atoms with van der Waals surface area (Å²) >= 11 is 0. The lowest BCUT2D eigenvalue weighted by atomic mass is 9.86. The average Bonchev–Trinajstić information content (AvgIpc) is 2.72. The fourth-order valence-corrected chi connectivity index (χ4v) is 3.45. The first-order chi connectivity index (χ1) is 13.4. The van der Waals surface area contributed by atoms with Crippen molar-refractivity contribution in [3.63, 3.8) is 0 Å². The van der Waals surface area contributed by atoms with E-state index >= 15 is 0 Å². The van der Waals surface area contributed by atoms with Gasteiger partial charge in [-0.3, -0.25) is 4.79 Å². The van der Waals surface area contributed by atoms with Crippen LogP contribution < -0.4 is 10.2 Å². The number of nitrogens with zero attached hydrogens (tertiary/aromatic N) is 4. The molecule has 6 nitrogen and oxygen atoms in total. The van der Waals surface area contributed by atoms with Gasteiger partial charge in [-0.05, 0) is 41.9 Å². The monoisotopic (exact) mass is 377 g/mol. The molecule has 1 fully saturated rings. The molecular weight excluding hydrogens is 350 g/mol. The molecule has 0 bridgehead atoms. The highest BCUT2D eigenvalue weighted by atomic mass is 16.1. The largest absolute Gasteiger partial charge is 0.354 e. The van der Waals surface area contributed by atoms with E-state index in [0.29, 0.717) is 29.5 Å². The normalized spacial score (nSPS) is 15.1. The minimum absolute atomic E-state index is 0.0245. The molecular formula is C22H27N5O. The van der Waals surface area contributed by atoms with Crippen LogP contribution in [0.2, 0.25) is 0 Å². The maximum absolute atomic E-state index is 12.4. The molecule has 1 aliphatic rings. The maximum Gasteiger partial charge on any atom is 0.251 e. The minimum Gasteiger partial charge on any atom is -0.354 e. The molecule has 2 heterocycles. The average molecular weight is 377 g/mol. The molecule has 1 aliphatic heterocycles. The lowest BCUT2D eigenvalue weighted by molar-refractivity contribution is 0.0945. The number of hydrogen-bond donors (Lipinski definition) is 1. The lowest BCUT2D eigenvalue weighted by Crippen LogP contribution is -2.39. The Morgan fingerprint density at radius 3 is 2.43 bits per heavy atom. The molecule has 0 spiro atoms. The van der Waals surface area contributed by atoms with Crippen molar-refractivity contribution in [1.29, 1.82) is 5.26 Å². The van der Waals surface area contributed by atoms with Crippen LogP contribution in [0.1, 0.15) is 55.2 Å². The van der Waals surface area contributed by atoms with Crippen molar-refractivity contribution in [1.82, 2.24) is 15.3 Å². The van der Waals surface area contributed by atoms with Gasteiger partial charge in [0.05, 0.1) is 0 Å². The number of aromatic nitrogens is 2. The third-order valence-corrected chi connectivity index (χ3v) is 5.26. The van der Waals surface area contributed by atoms with Crippen LogP contribution >= 0.6 is 0 Å². The van der Waals surface area contributed by atoms with E-state index in [4.69, 9.17) is 0 Å². The molecule has 1 aromatic heterocycles. The molecule has 2 aromatic rings. The molecule has 28 heavy (non-hydrogen) atoms. The highest BCUT2D eigenvalue weighted by molar-refractivity contribution is 5.94. The van der Waals surface area contributed by atoms with Crippen molar-refractivity contribution >= 4 is 11.7 Å². The zero-order valence-electron chi connectivity index (χ0n) is 16.8. The Bertz CT molecular complexity index is 856. The van der Waals surface area contributed by atoms with E-state index in [-0.39, 0.29) is 11.3 Å². The molecule has 1 N–H and O–H groups in total. The van der Waals surface area contributed by atoms with Crippen molar-refractivity contribution in [3.05, 3.63) is 53.5 Å². The molecule has 0 unspecified atom stereocenters. The summed E-state index contributed by atoms with van der Waals surface area (Å²) in [5.74, 6) is 1.06. The molecule has 0 saturated carbocycles. The van der Waals surface area contributed by atoms with Crippen molar-refractivity contribution in [3.8, 4) is 6.07 Å². The fraction of sp³-hybridized carbons (Fsp3) is 0.455. The Kier molecular flexibility index (Phi) is 5.93. The summed E-state index contributed by atoms with van der Waals surface area (Å²) in [6.07, 6.45) is 5.06. The van der Waals surface area contributed by atoms with Crippen molar-refractivity contribution < 1.29 is 4.79 Å². The van der Waals surface area contributed by atoms with Crippen LogP contribution in [0.15, 0.2) is 36.7 Å². The van der Waals surface area contributed by atoms with Gasteiger partial charge >= 0.3 is 0 Å². The molecule has 1 amide bonds. The number of hydrogen-bond acceptors (Lipinski definition) is 5. The standard InChI is InChI=1S/C22H27N5O/c1-22(2,3)18-6-4-17(5-7-18)21(28)26-15-16-8-12-27(13-9-16)20-19(14-23)24-10-11-25-20/h4-7,10-11,16H,8-9,12-13,15H2,1-3H3,(H,26,28). The van der Waals surface area contributed by atoms with Crippen LogP contribution in [0.4, 0.5) is 5.82 Å². The first-order valence-corrected chi connectivity index (χ1v) is 9.73. The second kappa shape index (κ2) is 8.39. The van der Waals surface area contributed by atoms with Crippen LogP contribution in [0, 0.1) is 17.2 Å². The predicted molar refractivity (Wildman–Crippen MR) is 109 cm³/mol. The molecule has 1 aromatic carbocycles. The molecule has 6 heteroatoms. The van der Waals surface area contributed by atoms with E-state index < -0.39 is 0 Å². The zero-order chi connectivity index (χ0) is 20.1. The van der Waals surface area contributed by atoms with Gasteiger partial charge in [-0.25, -0.2) is 9.97 Å². The first kappa shape index (κ1) is 19.8. The molecule has 0 aliphatic carbocycles. The SMILES string of the molecule is CC(C)(C)c1ccc(C(=O)NCC2CCN(c3nccnc3C#N)CC2)cc1.